The maximum atomic E-state index is 13.1. The number of carbonyl (C=O) groups excluding carboxylic acids is 3. The predicted molar refractivity (Wildman–Crippen MR) is 122 cm³/mol. The average Bonchev–Trinajstić information content (AvgIpc) is 2.77. The zero-order chi connectivity index (χ0) is 25.5. The molecule has 0 fully saturated rings. The molecule has 2 rings (SSSR count). The fourth-order valence-corrected chi connectivity index (χ4v) is 3.78. The number of aldehydes is 1. The summed E-state index contributed by atoms with van der Waals surface area (Å²) in [5, 5.41) is 0.342. The Balaban J connectivity index is 2.54. The van der Waals surface area contributed by atoms with E-state index in [0.29, 0.717) is 11.8 Å². The van der Waals surface area contributed by atoms with Gasteiger partial charge in [-0.05, 0) is 36.2 Å². The first-order valence-corrected chi connectivity index (χ1v) is 10.9. The molecule has 0 aromatic heterocycles. The number of benzene rings is 2. The number of hydrogen-bond acceptors (Lipinski definition) is 4. The van der Waals surface area contributed by atoms with Crippen molar-refractivity contribution in [1.82, 2.24) is 9.80 Å². The highest BCUT2D eigenvalue weighted by molar-refractivity contribution is 6.42. The SMILES string of the molecule is CN(C[C@](CCC=O)(c1ccc(Cl)c(Cl)c1)N(C)C(=O)Oc1ccccc1)C(=O)CC(F)(F)F. The third-order valence-electron chi connectivity index (χ3n) is 5.27. The standard InChI is InChI=1S/C23H23Cl2F3N2O4/c1-29(20(32)14-23(26,27)28)15-22(11-6-12-31,16-9-10-18(24)19(25)13-16)30(2)21(33)34-17-7-4-3-5-8-17/h3-5,7-10,12-13H,6,11,14-15H2,1-2H3/t22-/m1/s1. The largest absolute Gasteiger partial charge is 0.415 e. The third-order valence-corrected chi connectivity index (χ3v) is 6.01. The molecule has 2 amide bonds. The lowest BCUT2D eigenvalue weighted by Crippen LogP contribution is -2.55. The van der Waals surface area contributed by atoms with Crippen LogP contribution >= 0.6 is 23.2 Å². The molecule has 0 bridgehead atoms. The summed E-state index contributed by atoms with van der Waals surface area (Å²) < 4.78 is 43.9. The van der Waals surface area contributed by atoms with Crippen LogP contribution < -0.4 is 4.74 Å². The van der Waals surface area contributed by atoms with Crippen molar-refractivity contribution in [3.63, 3.8) is 0 Å². The fourth-order valence-electron chi connectivity index (χ4n) is 3.48. The van der Waals surface area contributed by atoms with Crippen LogP contribution in [-0.2, 0) is 15.1 Å². The zero-order valence-electron chi connectivity index (χ0n) is 18.4. The number of carbonyl (C=O) groups is 3. The Morgan fingerprint density at radius 2 is 1.68 bits per heavy atom. The van der Waals surface area contributed by atoms with E-state index < -0.39 is 30.1 Å². The Morgan fingerprint density at radius 3 is 2.24 bits per heavy atom. The van der Waals surface area contributed by atoms with Gasteiger partial charge in [-0.25, -0.2) is 4.79 Å². The third kappa shape index (κ3) is 7.11. The van der Waals surface area contributed by atoms with E-state index in [-0.39, 0.29) is 35.2 Å². The second-order valence-electron chi connectivity index (χ2n) is 7.65. The van der Waals surface area contributed by atoms with Gasteiger partial charge in [0.2, 0.25) is 5.91 Å². The summed E-state index contributed by atoms with van der Waals surface area (Å²) in [6.45, 7) is -0.367. The number of alkyl halides is 3. The van der Waals surface area contributed by atoms with Crippen LogP contribution in [0.4, 0.5) is 18.0 Å². The Bertz CT molecular complexity index is 1020. The van der Waals surface area contributed by atoms with E-state index >= 15 is 0 Å². The molecular weight excluding hydrogens is 496 g/mol. The minimum Gasteiger partial charge on any atom is -0.410 e. The van der Waals surface area contributed by atoms with Crippen LogP contribution in [0.2, 0.25) is 10.0 Å². The molecule has 0 unspecified atom stereocenters. The second-order valence-corrected chi connectivity index (χ2v) is 8.46. The van der Waals surface area contributed by atoms with Gasteiger partial charge in [0.25, 0.3) is 0 Å². The first kappa shape index (κ1) is 27.5. The van der Waals surface area contributed by atoms with Crippen LogP contribution in [-0.4, -0.2) is 54.9 Å². The highest BCUT2D eigenvalue weighted by Gasteiger charge is 2.43. The van der Waals surface area contributed by atoms with Gasteiger partial charge in [-0.1, -0.05) is 47.5 Å². The maximum Gasteiger partial charge on any atom is 0.415 e. The Labute approximate surface area is 205 Å². The second kappa shape index (κ2) is 11.6. The van der Waals surface area contributed by atoms with Crippen molar-refractivity contribution in [2.75, 3.05) is 20.6 Å². The number of hydrogen-bond donors (Lipinski definition) is 0. The Kier molecular flexibility index (Phi) is 9.35. The summed E-state index contributed by atoms with van der Waals surface area (Å²) in [7, 11) is 2.57. The van der Waals surface area contributed by atoms with Crippen molar-refractivity contribution in [3.8, 4) is 5.75 Å². The predicted octanol–water partition coefficient (Wildman–Crippen LogP) is 5.71. The Hall–Kier alpha value is -2.78. The van der Waals surface area contributed by atoms with Crippen LogP contribution in [0.25, 0.3) is 0 Å². The monoisotopic (exact) mass is 518 g/mol. The Morgan fingerprint density at radius 1 is 1.03 bits per heavy atom. The fraction of sp³-hybridized carbons (Fsp3) is 0.348. The lowest BCUT2D eigenvalue weighted by Gasteiger charge is -2.44. The molecule has 34 heavy (non-hydrogen) atoms. The van der Waals surface area contributed by atoms with E-state index in [4.69, 9.17) is 27.9 Å². The van der Waals surface area contributed by atoms with Crippen LogP contribution in [0.15, 0.2) is 48.5 Å². The van der Waals surface area contributed by atoms with Gasteiger partial charge >= 0.3 is 12.3 Å². The van der Waals surface area contributed by atoms with Crippen LogP contribution in [0.3, 0.4) is 0 Å². The van der Waals surface area contributed by atoms with Crippen molar-refractivity contribution >= 4 is 41.5 Å². The van der Waals surface area contributed by atoms with Gasteiger partial charge in [-0.3, -0.25) is 9.69 Å². The van der Waals surface area contributed by atoms with E-state index in [1.807, 2.05) is 0 Å². The lowest BCUT2D eigenvalue weighted by molar-refractivity contribution is -0.161. The minimum absolute atomic E-state index is 0.0293. The number of rotatable bonds is 9. The molecule has 2 aromatic rings. The molecular formula is C23H23Cl2F3N2O4. The maximum absolute atomic E-state index is 13.1. The molecule has 184 valence electrons. The number of para-hydroxylation sites is 1. The summed E-state index contributed by atoms with van der Waals surface area (Å²) in [4.78, 5) is 38.7. The molecule has 1 atom stereocenters. The zero-order valence-corrected chi connectivity index (χ0v) is 20.0. The van der Waals surface area contributed by atoms with Crippen molar-refractivity contribution in [2.24, 2.45) is 0 Å². The first-order valence-electron chi connectivity index (χ1n) is 10.1. The molecule has 6 nitrogen and oxygen atoms in total. The molecule has 0 aliphatic rings. The first-order chi connectivity index (χ1) is 15.9. The van der Waals surface area contributed by atoms with Gasteiger partial charge in [-0.15, -0.1) is 0 Å². The molecule has 0 saturated carbocycles. The summed E-state index contributed by atoms with van der Waals surface area (Å²) in [6.07, 6.45) is -6.71. The van der Waals surface area contributed by atoms with E-state index in [2.05, 4.69) is 0 Å². The van der Waals surface area contributed by atoms with Crippen molar-refractivity contribution in [2.45, 2.75) is 31.0 Å². The molecule has 11 heteroatoms. The lowest BCUT2D eigenvalue weighted by atomic mass is 9.83. The molecule has 0 radical (unpaired) electrons. The van der Waals surface area contributed by atoms with Gasteiger partial charge in [-0.2, -0.15) is 13.2 Å². The van der Waals surface area contributed by atoms with E-state index in [0.717, 1.165) is 9.80 Å². The van der Waals surface area contributed by atoms with E-state index in [1.165, 1.54) is 32.3 Å². The smallest absolute Gasteiger partial charge is 0.410 e. The normalized spacial score (nSPS) is 13.0. The van der Waals surface area contributed by atoms with E-state index in [1.54, 1.807) is 30.3 Å². The summed E-state index contributed by atoms with van der Waals surface area (Å²) in [5.41, 5.74) is -1.10. The number of ether oxygens (including phenoxy) is 1. The topological polar surface area (TPSA) is 66.9 Å². The van der Waals surface area contributed by atoms with Gasteiger partial charge in [0.05, 0.1) is 15.6 Å². The molecule has 0 spiro atoms. The van der Waals surface area contributed by atoms with Crippen molar-refractivity contribution in [1.29, 1.82) is 0 Å². The van der Waals surface area contributed by atoms with Crippen LogP contribution in [0, 0.1) is 0 Å². The average molecular weight is 519 g/mol. The van der Waals surface area contributed by atoms with Crippen molar-refractivity contribution < 1.29 is 32.3 Å². The van der Waals surface area contributed by atoms with Crippen molar-refractivity contribution in [3.05, 3.63) is 64.1 Å². The number of halogens is 5. The summed E-state index contributed by atoms with van der Waals surface area (Å²) >= 11 is 12.2. The van der Waals surface area contributed by atoms with Gasteiger partial charge in [0.15, 0.2) is 0 Å². The summed E-state index contributed by atoms with van der Waals surface area (Å²) in [6, 6.07) is 12.6. The van der Waals surface area contributed by atoms with Gasteiger partial charge < -0.3 is 14.4 Å². The quantitative estimate of drug-likeness (QED) is 0.398. The molecule has 0 heterocycles. The molecule has 0 aliphatic heterocycles. The van der Waals surface area contributed by atoms with Gasteiger partial charge in [0, 0.05) is 27.1 Å². The number of likely N-dealkylation sites (N-methyl/N-ethyl adjacent to an activating group) is 2. The molecule has 0 saturated heterocycles. The van der Waals surface area contributed by atoms with Crippen LogP contribution in [0.5, 0.6) is 5.75 Å². The molecule has 2 aromatic carbocycles. The number of amides is 2. The highest BCUT2D eigenvalue weighted by Crippen LogP contribution is 2.37. The van der Waals surface area contributed by atoms with E-state index in [9.17, 15) is 27.6 Å². The summed E-state index contributed by atoms with van der Waals surface area (Å²) in [5.74, 6) is -0.966. The van der Waals surface area contributed by atoms with Crippen LogP contribution in [0.1, 0.15) is 24.8 Å². The number of nitrogens with zero attached hydrogens (tertiary/aromatic N) is 2. The highest BCUT2D eigenvalue weighted by atomic mass is 35.5. The van der Waals surface area contributed by atoms with Gasteiger partial charge in [0.1, 0.15) is 18.5 Å². The minimum atomic E-state index is -4.71. The molecule has 0 N–H and O–H groups in total. The molecule has 0 aliphatic carbocycles.